The first kappa shape index (κ1) is 16.2. The van der Waals surface area contributed by atoms with E-state index in [1.165, 1.54) is 0 Å². The summed E-state index contributed by atoms with van der Waals surface area (Å²) < 4.78 is 10.9. The van der Waals surface area contributed by atoms with Gasteiger partial charge in [0.15, 0.2) is 0 Å². The van der Waals surface area contributed by atoms with Crippen LogP contribution in [0.15, 0.2) is 18.2 Å². The van der Waals surface area contributed by atoms with E-state index in [1.54, 1.807) is 0 Å². The highest BCUT2D eigenvalue weighted by molar-refractivity contribution is 5.39. The highest BCUT2D eigenvalue weighted by Crippen LogP contribution is 2.22. The summed E-state index contributed by atoms with van der Waals surface area (Å²) in [4.78, 5) is 0. The molecular weight excluding hydrogens is 270 g/mol. The third-order valence-electron chi connectivity index (χ3n) is 3.75. The van der Waals surface area contributed by atoms with Crippen LogP contribution in [0.5, 0.6) is 5.75 Å². The van der Waals surface area contributed by atoms with E-state index in [0.717, 1.165) is 16.9 Å². The van der Waals surface area contributed by atoms with Gasteiger partial charge in [-0.15, -0.1) is 0 Å². The standard InChI is InChI=1S/C16H25NO4/c1-12-4-3-5-13(2)15(12)21-9-14(18)8-17-10-16(19)6-7-20-11-16/h3-5,14,17-19H,6-11H2,1-2H3. The molecular formula is C16H25NO4. The van der Waals surface area contributed by atoms with E-state index in [1.807, 2.05) is 32.0 Å². The van der Waals surface area contributed by atoms with Gasteiger partial charge in [-0.2, -0.15) is 0 Å². The van der Waals surface area contributed by atoms with Gasteiger partial charge >= 0.3 is 0 Å². The molecule has 1 fully saturated rings. The van der Waals surface area contributed by atoms with Gasteiger partial charge in [0.25, 0.3) is 0 Å². The second-order valence-electron chi connectivity index (χ2n) is 5.84. The number of aliphatic hydroxyl groups excluding tert-OH is 1. The largest absolute Gasteiger partial charge is 0.490 e. The molecule has 0 aromatic heterocycles. The predicted molar refractivity (Wildman–Crippen MR) is 80.7 cm³/mol. The van der Waals surface area contributed by atoms with E-state index >= 15 is 0 Å². The van der Waals surface area contributed by atoms with Crippen molar-refractivity contribution in [2.75, 3.05) is 32.9 Å². The lowest BCUT2D eigenvalue weighted by molar-refractivity contribution is 0.0226. The van der Waals surface area contributed by atoms with Crippen LogP contribution in [0.2, 0.25) is 0 Å². The fraction of sp³-hybridized carbons (Fsp3) is 0.625. The van der Waals surface area contributed by atoms with Gasteiger partial charge in [0.1, 0.15) is 24.1 Å². The molecule has 5 nitrogen and oxygen atoms in total. The minimum absolute atomic E-state index is 0.230. The van der Waals surface area contributed by atoms with Crippen LogP contribution in [0.3, 0.4) is 0 Å². The van der Waals surface area contributed by atoms with Gasteiger partial charge in [-0.25, -0.2) is 0 Å². The third-order valence-corrected chi connectivity index (χ3v) is 3.75. The van der Waals surface area contributed by atoms with Crippen molar-refractivity contribution in [3.05, 3.63) is 29.3 Å². The van der Waals surface area contributed by atoms with E-state index in [4.69, 9.17) is 9.47 Å². The lowest BCUT2D eigenvalue weighted by Gasteiger charge is -2.22. The Morgan fingerprint density at radius 2 is 2.10 bits per heavy atom. The Morgan fingerprint density at radius 1 is 1.38 bits per heavy atom. The molecule has 0 amide bonds. The zero-order valence-corrected chi connectivity index (χ0v) is 12.8. The summed E-state index contributed by atoms with van der Waals surface area (Å²) >= 11 is 0. The van der Waals surface area contributed by atoms with E-state index in [2.05, 4.69) is 5.32 Å². The molecule has 1 aromatic carbocycles. The van der Waals surface area contributed by atoms with Crippen LogP contribution in [0, 0.1) is 13.8 Å². The fourth-order valence-corrected chi connectivity index (χ4v) is 2.47. The Hall–Kier alpha value is -1.14. The van der Waals surface area contributed by atoms with Crippen LogP contribution >= 0.6 is 0 Å². The maximum atomic E-state index is 10.1. The molecule has 2 unspecified atom stereocenters. The van der Waals surface area contributed by atoms with Gasteiger partial charge in [-0.3, -0.25) is 0 Å². The Kier molecular flexibility index (Phi) is 5.58. The van der Waals surface area contributed by atoms with Gasteiger partial charge in [0.05, 0.1) is 6.61 Å². The van der Waals surface area contributed by atoms with Crippen molar-refractivity contribution in [2.45, 2.75) is 32.0 Å². The van der Waals surface area contributed by atoms with Crippen molar-refractivity contribution < 1.29 is 19.7 Å². The molecule has 21 heavy (non-hydrogen) atoms. The molecule has 2 rings (SSSR count). The van der Waals surface area contributed by atoms with Crippen LogP contribution < -0.4 is 10.1 Å². The number of hydrogen-bond acceptors (Lipinski definition) is 5. The number of ether oxygens (including phenoxy) is 2. The maximum Gasteiger partial charge on any atom is 0.125 e. The molecule has 0 radical (unpaired) electrons. The fourth-order valence-electron chi connectivity index (χ4n) is 2.47. The highest BCUT2D eigenvalue weighted by Gasteiger charge is 2.31. The van der Waals surface area contributed by atoms with Gasteiger partial charge in [0, 0.05) is 26.1 Å². The third kappa shape index (κ3) is 4.68. The molecule has 0 spiro atoms. The maximum absolute atomic E-state index is 10.1. The molecule has 0 bridgehead atoms. The summed E-state index contributed by atoms with van der Waals surface area (Å²) in [5.41, 5.74) is 1.33. The Morgan fingerprint density at radius 3 is 2.71 bits per heavy atom. The molecule has 1 aliphatic heterocycles. The molecule has 0 saturated carbocycles. The van der Waals surface area contributed by atoms with Crippen LogP contribution in [-0.2, 0) is 4.74 Å². The minimum atomic E-state index is -0.798. The lowest BCUT2D eigenvalue weighted by atomic mass is 10.0. The molecule has 3 N–H and O–H groups in total. The normalized spacial score (nSPS) is 23.2. The van der Waals surface area contributed by atoms with Crippen LogP contribution in [0.1, 0.15) is 17.5 Å². The van der Waals surface area contributed by atoms with Crippen LogP contribution in [0.25, 0.3) is 0 Å². The zero-order chi connectivity index (χ0) is 15.3. The topological polar surface area (TPSA) is 71.0 Å². The average molecular weight is 295 g/mol. The van der Waals surface area contributed by atoms with Crippen molar-refractivity contribution in [3.63, 3.8) is 0 Å². The Bertz CT molecular complexity index is 437. The van der Waals surface area contributed by atoms with Crippen molar-refractivity contribution >= 4 is 0 Å². The average Bonchev–Trinajstić information content (AvgIpc) is 2.85. The smallest absolute Gasteiger partial charge is 0.125 e. The first-order valence-electron chi connectivity index (χ1n) is 7.38. The number of aryl methyl sites for hydroxylation is 2. The number of hydrogen-bond donors (Lipinski definition) is 3. The predicted octanol–water partition coefficient (Wildman–Crippen LogP) is 0.784. The number of rotatable bonds is 7. The molecule has 1 aromatic rings. The first-order chi connectivity index (χ1) is 10.0. The summed E-state index contributed by atoms with van der Waals surface area (Å²) in [6, 6.07) is 5.96. The van der Waals surface area contributed by atoms with Gasteiger partial charge in [-0.1, -0.05) is 18.2 Å². The Balaban J connectivity index is 1.71. The van der Waals surface area contributed by atoms with E-state index in [9.17, 15) is 10.2 Å². The number of benzene rings is 1. The number of aliphatic hydroxyl groups is 2. The molecule has 2 atom stereocenters. The van der Waals surface area contributed by atoms with E-state index in [-0.39, 0.29) is 6.61 Å². The zero-order valence-electron chi connectivity index (χ0n) is 12.8. The van der Waals surface area contributed by atoms with Gasteiger partial charge in [-0.05, 0) is 25.0 Å². The van der Waals surface area contributed by atoms with Gasteiger partial charge in [0.2, 0.25) is 0 Å². The summed E-state index contributed by atoms with van der Waals surface area (Å²) in [6.07, 6.45) is 0.0181. The molecule has 1 aliphatic rings. The van der Waals surface area contributed by atoms with Crippen molar-refractivity contribution in [1.82, 2.24) is 5.32 Å². The summed E-state index contributed by atoms with van der Waals surface area (Å²) in [7, 11) is 0. The van der Waals surface area contributed by atoms with Crippen LogP contribution in [0.4, 0.5) is 0 Å². The summed E-state index contributed by atoms with van der Waals surface area (Å²) in [6.45, 7) is 5.96. The van der Waals surface area contributed by atoms with Crippen LogP contribution in [-0.4, -0.2) is 54.8 Å². The SMILES string of the molecule is Cc1cccc(C)c1OCC(O)CNCC1(O)CCOC1. The quantitative estimate of drug-likeness (QED) is 0.693. The first-order valence-corrected chi connectivity index (χ1v) is 7.38. The van der Waals surface area contributed by atoms with Crippen molar-refractivity contribution in [1.29, 1.82) is 0 Å². The number of nitrogens with one attached hydrogen (secondary N) is 1. The second-order valence-corrected chi connectivity index (χ2v) is 5.84. The Labute approximate surface area is 125 Å². The highest BCUT2D eigenvalue weighted by atomic mass is 16.5. The molecule has 1 saturated heterocycles. The van der Waals surface area contributed by atoms with Crippen molar-refractivity contribution in [2.24, 2.45) is 0 Å². The molecule has 0 aliphatic carbocycles. The van der Waals surface area contributed by atoms with E-state index < -0.39 is 11.7 Å². The second kappa shape index (κ2) is 7.22. The van der Waals surface area contributed by atoms with Gasteiger partial charge < -0.3 is 25.0 Å². The lowest BCUT2D eigenvalue weighted by Crippen LogP contribution is -2.44. The molecule has 5 heteroatoms. The molecule has 1 heterocycles. The number of para-hydroxylation sites is 1. The summed E-state index contributed by atoms with van der Waals surface area (Å²) in [5.74, 6) is 0.833. The monoisotopic (exact) mass is 295 g/mol. The van der Waals surface area contributed by atoms with E-state index in [0.29, 0.717) is 32.7 Å². The molecule has 118 valence electrons. The minimum Gasteiger partial charge on any atom is -0.490 e. The van der Waals surface area contributed by atoms with Crippen molar-refractivity contribution in [3.8, 4) is 5.75 Å². The summed E-state index contributed by atoms with van der Waals surface area (Å²) in [5, 5.41) is 23.1.